The van der Waals surface area contributed by atoms with Crippen LogP contribution in [0.5, 0.6) is 0 Å². The third-order valence-electron chi connectivity index (χ3n) is 4.43. The summed E-state index contributed by atoms with van der Waals surface area (Å²) in [6, 6.07) is 2.58. The first-order chi connectivity index (χ1) is 10.6. The van der Waals surface area contributed by atoms with Gasteiger partial charge in [-0.1, -0.05) is 6.07 Å². The first kappa shape index (κ1) is 13.1. The van der Waals surface area contributed by atoms with Gasteiger partial charge >= 0.3 is 0 Å². The highest BCUT2D eigenvalue weighted by Gasteiger charge is 2.46. The van der Waals surface area contributed by atoms with Gasteiger partial charge in [0, 0.05) is 19.5 Å². The lowest BCUT2D eigenvalue weighted by molar-refractivity contribution is -0.136. The van der Waals surface area contributed by atoms with E-state index >= 15 is 0 Å². The largest absolute Gasteiger partial charge is 0.309 e. The average Bonchev–Trinajstić information content (AvgIpc) is 3.04. The first-order valence-electron chi connectivity index (χ1n) is 7.15. The molecule has 4 rings (SSSR count). The Kier molecular flexibility index (Phi) is 2.67. The van der Waals surface area contributed by atoms with E-state index in [0.29, 0.717) is 24.2 Å². The van der Waals surface area contributed by atoms with Crippen molar-refractivity contribution in [2.75, 3.05) is 0 Å². The van der Waals surface area contributed by atoms with Crippen LogP contribution in [-0.2, 0) is 22.7 Å². The minimum absolute atomic E-state index is 0.128. The Bertz CT molecular complexity index is 755. The summed E-state index contributed by atoms with van der Waals surface area (Å²) in [5, 5.41) is 5.35. The Morgan fingerprint density at radius 2 is 1.86 bits per heavy atom. The van der Waals surface area contributed by atoms with E-state index in [4.69, 9.17) is 0 Å². The number of piperidine rings is 1. The van der Waals surface area contributed by atoms with Crippen LogP contribution < -0.4 is 10.6 Å². The van der Waals surface area contributed by atoms with Crippen molar-refractivity contribution in [1.82, 2.24) is 15.5 Å². The number of hydrogen-bond acceptors (Lipinski definition) is 5. The Labute approximate surface area is 125 Å². The molecular weight excluding hydrogens is 286 g/mol. The van der Waals surface area contributed by atoms with Crippen molar-refractivity contribution in [3.05, 3.63) is 34.4 Å². The van der Waals surface area contributed by atoms with Crippen LogP contribution in [0.1, 0.15) is 44.7 Å². The fourth-order valence-corrected chi connectivity index (χ4v) is 3.36. The highest BCUT2D eigenvalue weighted by atomic mass is 16.2. The number of carbonyl (C=O) groups excluding carboxylic acids is 4. The zero-order chi connectivity index (χ0) is 15.4. The topological polar surface area (TPSA) is 95.6 Å². The molecule has 22 heavy (non-hydrogen) atoms. The molecule has 0 aliphatic carbocycles. The van der Waals surface area contributed by atoms with Gasteiger partial charge in [0.05, 0.1) is 11.1 Å². The molecule has 1 aromatic carbocycles. The molecule has 0 aromatic heterocycles. The second-order valence-electron chi connectivity index (χ2n) is 5.68. The Balaban J connectivity index is 1.76. The Morgan fingerprint density at radius 3 is 2.64 bits per heavy atom. The van der Waals surface area contributed by atoms with E-state index in [-0.39, 0.29) is 18.7 Å². The van der Waals surface area contributed by atoms with Crippen LogP contribution in [0.25, 0.3) is 0 Å². The fraction of sp³-hybridized carbons (Fsp3) is 0.333. The van der Waals surface area contributed by atoms with Crippen molar-refractivity contribution in [2.45, 2.75) is 32.0 Å². The van der Waals surface area contributed by atoms with E-state index in [1.54, 1.807) is 6.07 Å². The number of imide groups is 2. The van der Waals surface area contributed by atoms with Crippen LogP contribution >= 0.6 is 0 Å². The molecule has 0 bridgehead atoms. The third kappa shape index (κ3) is 1.66. The summed E-state index contributed by atoms with van der Waals surface area (Å²) in [4.78, 5) is 49.5. The number of carbonyl (C=O) groups is 4. The standard InChI is InChI=1S/C15H13N3O4/c19-11-4-3-10(13(20)17-11)18-14(21)8-2-1-7-5-16-6-9(7)12(8)15(18)22/h1-2,10,16H,3-6H2,(H,17,19,20)/t10-/m1/s1. The normalized spacial score (nSPS) is 23.6. The molecule has 4 amide bonds. The number of hydrogen-bond donors (Lipinski definition) is 2. The predicted octanol–water partition coefficient (Wildman–Crippen LogP) is -0.309. The minimum Gasteiger partial charge on any atom is -0.309 e. The summed E-state index contributed by atoms with van der Waals surface area (Å²) in [5.41, 5.74) is 2.59. The lowest BCUT2D eigenvalue weighted by Crippen LogP contribution is -2.54. The maximum atomic E-state index is 12.7. The SMILES string of the molecule is O=C1CC[C@@H](N2C(=O)c3ccc4c(c3C2=O)CNC4)C(=O)N1. The van der Waals surface area contributed by atoms with Gasteiger partial charge in [-0.3, -0.25) is 29.4 Å². The number of nitrogens with one attached hydrogen (secondary N) is 2. The molecule has 1 fully saturated rings. The molecule has 3 aliphatic heterocycles. The Hall–Kier alpha value is -2.54. The highest BCUT2D eigenvalue weighted by molar-refractivity contribution is 6.24. The molecule has 7 nitrogen and oxygen atoms in total. The lowest BCUT2D eigenvalue weighted by atomic mass is 9.99. The van der Waals surface area contributed by atoms with E-state index in [2.05, 4.69) is 10.6 Å². The molecule has 3 heterocycles. The summed E-state index contributed by atoms with van der Waals surface area (Å²) in [5.74, 6) is -1.84. The predicted molar refractivity (Wildman–Crippen MR) is 73.7 cm³/mol. The van der Waals surface area contributed by atoms with Crippen molar-refractivity contribution in [1.29, 1.82) is 0 Å². The van der Waals surface area contributed by atoms with Crippen molar-refractivity contribution in [3.63, 3.8) is 0 Å². The van der Waals surface area contributed by atoms with Gasteiger partial charge in [0.15, 0.2) is 0 Å². The Morgan fingerprint density at radius 1 is 1.05 bits per heavy atom. The minimum atomic E-state index is -0.907. The van der Waals surface area contributed by atoms with Crippen molar-refractivity contribution in [2.24, 2.45) is 0 Å². The molecule has 0 radical (unpaired) electrons. The maximum absolute atomic E-state index is 12.7. The fourth-order valence-electron chi connectivity index (χ4n) is 3.36. The van der Waals surface area contributed by atoms with Crippen molar-refractivity contribution >= 4 is 23.6 Å². The summed E-state index contributed by atoms with van der Waals surface area (Å²) < 4.78 is 0. The van der Waals surface area contributed by atoms with Crippen LogP contribution in [0, 0.1) is 0 Å². The summed E-state index contributed by atoms with van der Waals surface area (Å²) >= 11 is 0. The molecule has 2 N–H and O–H groups in total. The number of nitrogens with zero attached hydrogens (tertiary/aromatic N) is 1. The molecule has 0 saturated carbocycles. The summed E-state index contributed by atoms with van der Waals surface area (Å²) in [7, 11) is 0. The van der Waals surface area contributed by atoms with E-state index in [1.807, 2.05) is 6.07 Å². The smallest absolute Gasteiger partial charge is 0.262 e. The molecular formula is C15H13N3O4. The van der Waals surface area contributed by atoms with Gasteiger partial charge in [-0.2, -0.15) is 0 Å². The lowest BCUT2D eigenvalue weighted by Gasteiger charge is -2.27. The van der Waals surface area contributed by atoms with Crippen LogP contribution in [-0.4, -0.2) is 34.6 Å². The van der Waals surface area contributed by atoms with Gasteiger partial charge in [0.2, 0.25) is 11.8 Å². The van der Waals surface area contributed by atoms with Crippen LogP contribution in [0.4, 0.5) is 0 Å². The summed E-state index contributed by atoms with van der Waals surface area (Å²) in [6.45, 7) is 1.21. The van der Waals surface area contributed by atoms with Gasteiger partial charge in [0.1, 0.15) is 6.04 Å². The molecule has 3 aliphatic rings. The van der Waals surface area contributed by atoms with E-state index in [0.717, 1.165) is 16.0 Å². The highest BCUT2D eigenvalue weighted by Crippen LogP contribution is 2.33. The maximum Gasteiger partial charge on any atom is 0.262 e. The monoisotopic (exact) mass is 299 g/mol. The van der Waals surface area contributed by atoms with Gasteiger partial charge in [-0.05, 0) is 23.6 Å². The zero-order valence-corrected chi connectivity index (χ0v) is 11.6. The number of rotatable bonds is 1. The number of amides is 4. The molecule has 1 saturated heterocycles. The van der Waals surface area contributed by atoms with E-state index in [1.165, 1.54) is 0 Å². The molecule has 7 heteroatoms. The first-order valence-corrected chi connectivity index (χ1v) is 7.15. The third-order valence-corrected chi connectivity index (χ3v) is 4.43. The van der Waals surface area contributed by atoms with E-state index < -0.39 is 23.8 Å². The summed E-state index contributed by atoms with van der Waals surface area (Å²) in [6.07, 6.45) is 0.306. The second-order valence-corrected chi connectivity index (χ2v) is 5.68. The van der Waals surface area contributed by atoms with Gasteiger partial charge in [-0.15, -0.1) is 0 Å². The van der Waals surface area contributed by atoms with Crippen molar-refractivity contribution in [3.8, 4) is 0 Å². The van der Waals surface area contributed by atoms with Crippen molar-refractivity contribution < 1.29 is 19.2 Å². The van der Waals surface area contributed by atoms with Crippen LogP contribution in [0.15, 0.2) is 12.1 Å². The second kappa shape index (κ2) is 4.48. The molecule has 112 valence electrons. The van der Waals surface area contributed by atoms with Gasteiger partial charge in [-0.25, -0.2) is 0 Å². The van der Waals surface area contributed by atoms with Gasteiger partial charge in [0.25, 0.3) is 11.8 Å². The average molecular weight is 299 g/mol. The number of benzene rings is 1. The van der Waals surface area contributed by atoms with Gasteiger partial charge < -0.3 is 5.32 Å². The van der Waals surface area contributed by atoms with Crippen LogP contribution in [0.3, 0.4) is 0 Å². The zero-order valence-electron chi connectivity index (χ0n) is 11.6. The molecule has 1 atom stereocenters. The van der Waals surface area contributed by atoms with E-state index in [9.17, 15) is 19.2 Å². The van der Waals surface area contributed by atoms with Crippen LogP contribution in [0.2, 0.25) is 0 Å². The number of fused-ring (bicyclic) bond motifs is 3. The quantitative estimate of drug-likeness (QED) is 0.694. The molecule has 0 spiro atoms. The molecule has 0 unspecified atom stereocenters. The molecule has 1 aromatic rings.